The van der Waals surface area contributed by atoms with E-state index in [-0.39, 0.29) is 5.44 Å². The molecule has 0 amide bonds. The Kier molecular flexibility index (Phi) is 4.08. The third-order valence-corrected chi connectivity index (χ3v) is 3.93. The first-order valence-electron chi connectivity index (χ1n) is 5.38. The van der Waals surface area contributed by atoms with Crippen molar-refractivity contribution in [3.8, 4) is 0 Å². The highest BCUT2D eigenvalue weighted by Crippen LogP contribution is 2.39. The van der Waals surface area contributed by atoms with Crippen molar-refractivity contribution >= 4 is 11.8 Å². The van der Waals surface area contributed by atoms with Gasteiger partial charge in [-0.05, 0) is 24.8 Å². The van der Waals surface area contributed by atoms with Crippen LogP contribution in [0.3, 0.4) is 0 Å². The summed E-state index contributed by atoms with van der Waals surface area (Å²) in [5.41, 5.74) is 1.65. The van der Waals surface area contributed by atoms with E-state index >= 15 is 0 Å². The Morgan fingerprint density at radius 3 is 2.64 bits per heavy atom. The maximum Gasteiger partial charge on any atom is 0.124 e. The Morgan fingerprint density at radius 1 is 1.50 bits per heavy atom. The largest absolute Gasteiger partial charge is 0.363 e. The van der Waals surface area contributed by atoms with E-state index in [0.29, 0.717) is 10.7 Å². The molecule has 2 heteroatoms. The van der Waals surface area contributed by atoms with E-state index in [4.69, 9.17) is 4.74 Å². The fourth-order valence-corrected chi connectivity index (χ4v) is 2.83. The molecule has 0 N–H and O–H groups in total. The van der Waals surface area contributed by atoms with Crippen LogP contribution in [0.15, 0.2) is 11.6 Å². The van der Waals surface area contributed by atoms with Crippen LogP contribution < -0.4 is 0 Å². The molecular weight excluding hydrogens is 192 g/mol. The lowest BCUT2D eigenvalue weighted by Gasteiger charge is -2.35. The number of hydrogen-bond acceptors (Lipinski definition) is 2. The minimum absolute atomic E-state index is 0.279. The van der Waals surface area contributed by atoms with Crippen molar-refractivity contribution in [3.05, 3.63) is 11.6 Å². The molecule has 0 spiro atoms. The average molecular weight is 214 g/mol. The summed E-state index contributed by atoms with van der Waals surface area (Å²) in [5.74, 6) is 0.615. The van der Waals surface area contributed by atoms with Gasteiger partial charge in [0.25, 0.3) is 0 Å². The summed E-state index contributed by atoms with van der Waals surface area (Å²) < 4.78 is 6.14. The van der Waals surface area contributed by atoms with Gasteiger partial charge in [-0.3, -0.25) is 0 Å². The maximum atomic E-state index is 5.77. The molecule has 1 rings (SSSR count). The van der Waals surface area contributed by atoms with Crippen LogP contribution in [-0.4, -0.2) is 16.8 Å². The maximum absolute atomic E-state index is 5.77. The molecule has 1 unspecified atom stereocenters. The average Bonchev–Trinajstić information content (AvgIpc) is 2.01. The Balaban J connectivity index is 2.60. The quantitative estimate of drug-likeness (QED) is 0.646. The molecule has 14 heavy (non-hydrogen) atoms. The highest BCUT2D eigenvalue weighted by molar-refractivity contribution is 8.01. The topological polar surface area (TPSA) is 9.23 Å². The molecule has 0 aromatic rings. The zero-order valence-corrected chi connectivity index (χ0v) is 10.8. The molecule has 1 aliphatic rings. The van der Waals surface area contributed by atoms with E-state index in [2.05, 4.69) is 40.7 Å². The standard InChI is InChI=1S/C12H22OS/c1-9(2)8-10(3)11-13-7-6-12(4,5)14-11/h8-9,11H,6-7H2,1-5H3. The van der Waals surface area contributed by atoms with Gasteiger partial charge in [0.15, 0.2) is 0 Å². The van der Waals surface area contributed by atoms with Crippen LogP contribution in [0.5, 0.6) is 0 Å². The normalized spacial score (nSPS) is 28.1. The van der Waals surface area contributed by atoms with Crippen LogP contribution in [0.2, 0.25) is 0 Å². The fraction of sp³-hybridized carbons (Fsp3) is 0.833. The number of ether oxygens (including phenoxy) is 1. The predicted molar refractivity (Wildman–Crippen MR) is 64.6 cm³/mol. The van der Waals surface area contributed by atoms with Gasteiger partial charge < -0.3 is 4.74 Å². The molecule has 1 atom stereocenters. The van der Waals surface area contributed by atoms with Crippen molar-refractivity contribution in [2.45, 2.75) is 51.2 Å². The second kappa shape index (κ2) is 4.71. The van der Waals surface area contributed by atoms with Gasteiger partial charge in [0.05, 0.1) is 0 Å². The molecule has 0 aromatic carbocycles. The molecule has 1 aliphatic heterocycles. The van der Waals surface area contributed by atoms with Gasteiger partial charge in [0.2, 0.25) is 0 Å². The van der Waals surface area contributed by atoms with E-state index in [9.17, 15) is 0 Å². The second-order valence-electron chi connectivity index (χ2n) is 4.98. The van der Waals surface area contributed by atoms with Crippen molar-refractivity contribution in [2.75, 3.05) is 6.61 Å². The summed E-state index contributed by atoms with van der Waals surface area (Å²) >= 11 is 1.95. The number of allylic oxidation sites excluding steroid dienone is 1. The van der Waals surface area contributed by atoms with Gasteiger partial charge in [-0.2, -0.15) is 0 Å². The summed E-state index contributed by atoms with van der Waals surface area (Å²) in [7, 11) is 0. The lowest BCUT2D eigenvalue weighted by atomic mass is 10.1. The molecule has 0 radical (unpaired) electrons. The molecule has 0 bridgehead atoms. The van der Waals surface area contributed by atoms with E-state index in [1.54, 1.807) is 0 Å². The minimum atomic E-state index is 0.279. The molecule has 0 saturated carbocycles. The van der Waals surface area contributed by atoms with Crippen LogP contribution in [0.4, 0.5) is 0 Å². The van der Waals surface area contributed by atoms with Crippen molar-refractivity contribution in [1.82, 2.24) is 0 Å². The van der Waals surface area contributed by atoms with Crippen LogP contribution >= 0.6 is 11.8 Å². The third kappa shape index (κ3) is 3.66. The van der Waals surface area contributed by atoms with Crippen molar-refractivity contribution in [2.24, 2.45) is 5.92 Å². The van der Waals surface area contributed by atoms with Gasteiger partial charge in [0.1, 0.15) is 5.44 Å². The molecular formula is C12H22OS. The van der Waals surface area contributed by atoms with Crippen LogP contribution in [0.1, 0.15) is 41.0 Å². The fourth-order valence-electron chi connectivity index (χ4n) is 1.62. The van der Waals surface area contributed by atoms with Gasteiger partial charge in [0, 0.05) is 11.4 Å². The number of hydrogen-bond donors (Lipinski definition) is 0. The summed E-state index contributed by atoms with van der Waals surface area (Å²) in [4.78, 5) is 0. The summed E-state index contributed by atoms with van der Waals surface area (Å²) in [6.45, 7) is 12.1. The number of thioether (sulfide) groups is 1. The second-order valence-corrected chi connectivity index (χ2v) is 6.75. The van der Waals surface area contributed by atoms with E-state index in [1.165, 1.54) is 5.57 Å². The van der Waals surface area contributed by atoms with Crippen molar-refractivity contribution in [1.29, 1.82) is 0 Å². The molecule has 1 saturated heterocycles. The molecule has 1 fully saturated rings. The number of rotatable bonds is 2. The first-order valence-corrected chi connectivity index (χ1v) is 6.26. The third-order valence-electron chi connectivity index (χ3n) is 2.37. The first-order chi connectivity index (χ1) is 6.41. The van der Waals surface area contributed by atoms with Crippen LogP contribution in [-0.2, 0) is 4.74 Å². The Morgan fingerprint density at radius 2 is 2.14 bits per heavy atom. The highest BCUT2D eigenvalue weighted by atomic mass is 32.2. The smallest absolute Gasteiger partial charge is 0.124 e. The molecule has 1 heterocycles. The van der Waals surface area contributed by atoms with E-state index < -0.39 is 0 Å². The van der Waals surface area contributed by atoms with E-state index in [0.717, 1.165) is 13.0 Å². The van der Waals surface area contributed by atoms with Gasteiger partial charge in [-0.25, -0.2) is 0 Å². The summed E-state index contributed by atoms with van der Waals surface area (Å²) in [6.07, 6.45) is 3.46. The van der Waals surface area contributed by atoms with Crippen LogP contribution in [0.25, 0.3) is 0 Å². The predicted octanol–water partition coefficient (Wildman–Crippen LogP) is 3.85. The lowest BCUT2D eigenvalue weighted by molar-refractivity contribution is 0.112. The Bertz CT molecular complexity index is 218. The lowest BCUT2D eigenvalue weighted by Crippen LogP contribution is -2.30. The van der Waals surface area contributed by atoms with Gasteiger partial charge in [-0.1, -0.05) is 33.8 Å². The molecule has 0 aliphatic carbocycles. The Hall–Kier alpha value is 0.0500. The summed E-state index contributed by atoms with van der Waals surface area (Å²) in [6, 6.07) is 0. The summed E-state index contributed by atoms with van der Waals surface area (Å²) in [5, 5.41) is 0. The minimum Gasteiger partial charge on any atom is -0.363 e. The highest BCUT2D eigenvalue weighted by Gasteiger charge is 2.29. The van der Waals surface area contributed by atoms with E-state index in [1.807, 2.05) is 11.8 Å². The van der Waals surface area contributed by atoms with Crippen molar-refractivity contribution in [3.63, 3.8) is 0 Å². The van der Waals surface area contributed by atoms with Gasteiger partial charge in [-0.15, -0.1) is 11.8 Å². The zero-order chi connectivity index (χ0) is 10.8. The van der Waals surface area contributed by atoms with Crippen molar-refractivity contribution < 1.29 is 4.74 Å². The monoisotopic (exact) mass is 214 g/mol. The molecule has 82 valence electrons. The Labute approximate surface area is 92.3 Å². The first kappa shape index (κ1) is 12.1. The molecule has 0 aromatic heterocycles. The zero-order valence-electron chi connectivity index (χ0n) is 9.96. The van der Waals surface area contributed by atoms with Crippen LogP contribution in [0, 0.1) is 5.92 Å². The SMILES string of the molecule is CC(=CC(C)C)C1OCCC(C)(C)S1. The van der Waals surface area contributed by atoms with Gasteiger partial charge >= 0.3 is 0 Å². The molecule has 1 nitrogen and oxygen atoms in total.